The molecular formula is C58H34N2O2. The van der Waals surface area contributed by atoms with Crippen LogP contribution < -0.4 is 0 Å². The number of fused-ring (bicyclic) bond motifs is 13. The molecule has 4 nitrogen and oxygen atoms in total. The maximum absolute atomic E-state index is 6.63. The van der Waals surface area contributed by atoms with Gasteiger partial charge >= 0.3 is 0 Å². The average Bonchev–Trinajstić information content (AvgIpc) is 4.07. The van der Waals surface area contributed by atoms with E-state index in [0.717, 1.165) is 88.3 Å². The third-order valence-corrected chi connectivity index (χ3v) is 13.1. The average molecular weight is 791 g/mol. The summed E-state index contributed by atoms with van der Waals surface area (Å²) in [6.45, 7) is 0. The Morgan fingerprint density at radius 2 is 0.613 bits per heavy atom. The summed E-state index contributed by atoms with van der Waals surface area (Å²) in [7, 11) is 0. The monoisotopic (exact) mass is 790 g/mol. The van der Waals surface area contributed by atoms with E-state index in [-0.39, 0.29) is 0 Å². The van der Waals surface area contributed by atoms with E-state index in [9.17, 15) is 0 Å². The van der Waals surface area contributed by atoms with Crippen molar-refractivity contribution >= 4 is 98.3 Å². The lowest BCUT2D eigenvalue weighted by Crippen LogP contribution is -1.92. The van der Waals surface area contributed by atoms with Gasteiger partial charge in [-0.3, -0.25) is 0 Å². The number of hydrogen-bond donors (Lipinski definition) is 0. The van der Waals surface area contributed by atoms with Gasteiger partial charge in [0.2, 0.25) is 0 Å². The Labute approximate surface area is 354 Å². The quantitative estimate of drug-likeness (QED) is 0.178. The molecule has 0 spiro atoms. The first-order valence-electron chi connectivity index (χ1n) is 21.1. The van der Waals surface area contributed by atoms with E-state index in [1.165, 1.54) is 43.6 Å². The van der Waals surface area contributed by atoms with Gasteiger partial charge in [-0.25, -0.2) is 0 Å². The van der Waals surface area contributed by atoms with Crippen LogP contribution in [-0.4, -0.2) is 9.13 Å². The minimum atomic E-state index is 0.868. The number of benzene rings is 10. The van der Waals surface area contributed by atoms with Gasteiger partial charge in [0.1, 0.15) is 22.3 Å². The second-order valence-corrected chi connectivity index (χ2v) is 16.5. The van der Waals surface area contributed by atoms with Crippen LogP contribution in [0.3, 0.4) is 0 Å². The summed E-state index contributed by atoms with van der Waals surface area (Å²) in [6.07, 6.45) is 0. The van der Waals surface area contributed by atoms with Crippen molar-refractivity contribution in [3.05, 3.63) is 206 Å². The number of rotatable bonds is 4. The Morgan fingerprint density at radius 1 is 0.242 bits per heavy atom. The molecule has 288 valence electrons. The highest BCUT2D eigenvalue weighted by Crippen LogP contribution is 2.41. The summed E-state index contributed by atoms with van der Waals surface area (Å²) in [5.41, 5.74) is 15.2. The molecule has 4 heteroatoms. The van der Waals surface area contributed by atoms with E-state index in [1.54, 1.807) is 0 Å². The van der Waals surface area contributed by atoms with Gasteiger partial charge in [-0.2, -0.15) is 0 Å². The lowest BCUT2D eigenvalue weighted by molar-refractivity contribution is 0.669. The molecule has 62 heavy (non-hydrogen) atoms. The van der Waals surface area contributed by atoms with Gasteiger partial charge in [-0.1, -0.05) is 97.1 Å². The van der Waals surface area contributed by atoms with Crippen molar-refractivity contribution < 1.29 is 8.83 Å². The minimum Gasteiger partial charge on any atom is -0.456 e. The van der Waals surface area contributed by atoms with E-state index in [4.69, 9.17) is 8.83 Å². The van der Waals surface area contributed by atoms with Gasteiger partial charge in [0, 0.05) is 54.5 Å². The fourth-order valence-electron chi connectivity index (χ4n) is 10.2. The molecule has 4 heterocycles. The van der Waals surface area contributed by atoms with Crippen LogP contribution in [0, 0.1) is 0 Å². The zero-order valence-electron chi connectivity index (χ0n) is 33.3. The number of furan rings is 2. The molecular weight excluding hydrogens is 757 g/mol. The van der Waals surface area contributed by atoms with Gasteiger partial charge in [0.05, 0.1) is 22.1 Å². The molecule has 0 bridgehead atoms. The van der Waals surface area contributed by atoms with Crippen LogP contribution >= 0.6 is 0 Å². The first-order valence-corrected chi connectivity index (χ1v) is 21.1. The van der Waals surface area contributed by atoms with Crippen LogP contribution in [0.2, 0.25) is 0 Å². The highest BCUT2D eigenvalue weighted by molar-refractivity contribution is 6.17. The molecule has 0 aliphatic carbocycles. The van der Waals surface area contributed by atoms with Crippen LogP contribution in [0.25, 0.3) is 132 Å². The SMILES string of the molecule is c1ccc(-n2c3ccccc3c3cc(-c4ccc5c(c4)oc4cc6cc7oc8cc(-c9ccc%10c(c9)c9ccccc9n%10-c9ccccc9)ccc8c7cc6cc45)ccc32)cc1. The fourth-order valence-corrected chi connectivity index (χ4v) is 10.2. The molecule has 0 atom stereocenters. The molecule has 0 aliphatic heterocycles. The summed E-state index contributed by atoms with van der Waals surface area (Å²) < 4.78 is 18.0. The van der Waals surface area contributed by atoms with Gasteiger partial charge in [-0.15, -0.1) is 0 Å². The van der Waals surface area contributed by atoms with Crippen molar-refractivity contribution in [2.75, 3.05) is 0 Å². The molecule has 0 saturated heterocycles. The van der Waals surface area contributed by atoms with Crippen LogP contribution in [0.15, 0.2) is 215 Å². The summed E-state index contributed by atoms with van der Waals surface area (Å²) in [6, 6.07) is 74.2. The van der Waals surface area contributed by atoms with E-state index < -0.39 is 0 Å². The lowest BCUT2D eigenvalue weighted by atomic mass is 9.99. The van der Waals surface area contributed by atoms with Gasteiger partial charge in [-0.05, 0) is 142 Å². The first kappa shape index (κ1) is 33.5. The standard InChI is InChI=1S/C58H34N2O2/c1-3-11-41(12-4-1)59-51-17-9-7-15-43(51)47-27-35(21-25-53(47)59)37-19-23-45-49-29-39-30-50-46-24-20-38(32-56(46)62-58(50)34-40(39)33-57(49)61-55(45)31-37)36-22-26-54-48(28-36)44-16-8-10-18-52(44)60(54)42-13-5-2-6-14-42/h1-34H. The van der Waals surface area contributed by atoms with Gasteiger partial charge < -0.3 is 18.0 Å². The molecule has 0 radical (unpaired) electrons. The first-order chi connectivity index (χ1) is 30.7. The zero-order valence-corrected chi connectivity index (χ0v) is 33.3. The highest BCUT2D eigenvalue weighted by Gasteiger charge is 2.18. The van der Waals surface area contributed by atoms with E-state index in [2.05, 4.69) is 215 Å². The van der Waals surface area contributed by atoms with Crippen LogP contribution in [-0.2, 0) is 0 Å². The molecule has 0 fully saturated rings. The lowest BCUT2D eigenvalue weighted by Gasteiger charge is -2.08. The molecule has 0 aliphatic rings. The third-order valence-electron chi connectivity index (χ3n) is 13.1. The fraction of sp³-hybridized carbons (Fsp3) is 0. The van der Waals surface area contributed by atoms with E-state index >= 15 is 0 Å². The molecule has 4 aromatic heterocycles. The van der Waals surface area contributed by atoms with Crippen LogP contribution in [0.4, 0.5) is 0 Å². The van der Waals surface area contributed by atoms with Crippen LogP contribution in [0.5, 0.6) is 0 Å². The van der Waals surface area contributed by atoms with Crippen LogP contribution in [0.1, 0.15) is 0 Å². The molecule has 0 unspecified atom stereocenters. The smallest absolute Gasteiger partial charge is 0.136 e. The molecule has 0 amide bonds. The maximum atomic E-state index is 6.63. The molecule has 0 saturated carbocycles. The number of nitrogens with zero attached hydrogens (tertiary/aromatic N) is 2. The molecule has 10 aromatic carbocycles. The van der Waals surface area contributed by atoms with Crippen molar-refractivity contribution in [2.24, 2.45) is 0 Å². The summed E-state index contributed by atoms with van der Waals surface area (Å²) in [5, 5.41) is 11.6. The highest BCUT2D eigenvalue weighted by atomic mass is 16.3. The van der Waals surface area contributed by atoms with E-state index in [0.29, 0.717) is 0 Å². The predicted octanol–water partition coefficient (Wildman–Crippen LogP) is 16.2. The minimum absolute atomic E-state index is 0.868. The van der Waals surface area contributed by atoms with Crippen molar-refractivity contribution in [3.8, 4) is 33.6 Å². The van der Waals surface area contributed by atoms with Gasteiger partial charge in [0.25, 0.3) is 0 Å². The van der Waals surface area contributed by atoms with Crippen molar-refractivity contribution in [3.63, 3.8) is 0 Å². The number of aromatic nitrogens is 2. The maximum Gasteiger partial charge on any atom is 0.136 e. The second kappa shape index (κ2) is 12.6. The third kappa shape index (κ3) is 4.83. The Balaban J connectivity index is 0.841. The molecule has 14 rings (SSSR count). The van der Waals surface area contributed by atoms with Crippen molar-refractivity contribution in [1.82, 2.24) is 9.13 Å². The largest absolute Gasteiger partial charge is 0.456 e. The van der Waals surface area contributed by atoms with Crippen molar-refractivity contribution in [1.29, 1.82) is 0 Å². The zero-order chi connectivity index (χ0) is 40.5. The van der Waals surface area contributed by atoms with E-state index in [1.807, 2.05) is 0 Å². The number of para-hydroxylation sites is 4. The molecule has 14 aromatic rings. The Kier molecular flexibility index (Phi) is 6.80. The molecule has 0 N–H and O–H groups in total. The number of hydrogen-bond acceptors (Lipinski definition) is 2. The Bertz CT molecular complexity index is 3880. The second-order valence-electron chi connectivity index (χ2n) is 16.5. The summed E-state index contributed by atoms with van der Waals surface area (Å²) >= 11 is 0. The topological polar surface area (TPSA) is 36.1 Å². The predicted molar refractivity (Wildman–Crippen MR) is 258 cm³/mol. The normalized spacial score (nSPS) is 12.2. The van der Waals surface area contributed by atoms with Gasteiger partial charge in [0.15, 0.2) is 0 Å². The summed E-state index contributed by atoms with van der Waals surface area (Å²) in [5.74, 6) is 0. The summed E-state index contributed by atoms with van der Waals surface area (Å²) in [4.78, 5) is 0. The Morgan fingerprint density at radius 3 is 1.10 bits per heavy atom. The van der Waals surface area contributed by atoms with Crippen molar-refractivity contribution in [2.45, 2.75) is 0 Å². The Hall–Kier alpha value is -8.34.